The molecule has 3 nitrogen and oxygen atoms in total. The summed E-state index contributed by atoms with van der Waals surface area (Å²) in [6.07, 6.45) is 1.83. The number of aromatic nitrogens is 3. The van der Waals surface area contributed by atoms with Crippen LogP contribution in [-0.4, -0.2) is 14.6 Å². The van der Waals surface area contributed by atoms with Gasteiger partial charge in [0.15, 0.2) is 5.65 Å². The zero-order valence-electron chi connectivity index (χ0n) is 16.4. The topological polar surface area (TPSA) is 30.2 Å². The third-order valence-corrected chi connectivity index (χ3v) is 3.27. The van der Waals surface area contributed by atoms with Crippen molar-refractivity contribution in [3.63, 3.8) is 0 Å². The van der Waals surface area contributed by atoms with E-state index in [1.807, 2.05) is 112 Å². The summed E-state index contributed by atoms with van der Waals surface area (Å²) >= 11 is 0. The highest BCUT2D eigenvalue weighted by Crippen LogP contribution is 2.16. The maximum atomic E-state index is 4.56. The van der Waals surface area contributed by atoms with Gasteiger partial charge in [-0.3, -0.25) is 0 Å². The number of hydrogen-bond donors (Lipinski definition) is 0. The second-order valence-electron chi connectivity index (χ2n) is 4.91. The van der Waals surface area contributed by atoms with Crippen molar-refractivity contribution < 1.29 is 0 Å². The fourth-order valence-electron chi connectivity index (χ4n) is 2.14. The molecule has 136 valence electrons. The van der Waals surface area contributed by atoms with Gasteiger partial charge >= 0.3 is 0 Å². The van der Waals surface area contributed by atoms with Crippen LogP contribution in [0.25, 0.3) is 16.9 Å². The Hall–Kier alpha value is -2.94. The van der Waals surface area contributed by atoms with E-state index in [9.17, 15) is 0 Å². The molecule has 0 spiro atoms. The second-order valence-corrected chi connectivity index (χ2v) is 4.91. The molecule has 0 saturated carbocycles. The molecule has 0 aliphatic rings. The molecule has 0 radical (unpaired) electrons. The molecule has 2 aromatic carbocycles. The fraction of sp³-hybridized carbons (Fsp3) is 0.217. The SMILES string of the molecule is CC.CC.Cc1cnc2ccc(-c3ccccc3)nn12.c1ccccc1. The third kappa shape index (κ3) is 6.17. The Labute approximate surface area is 157 Å². The lowest BCUT2D eigenvalue weighted by Gasteiger charge is -2.01. The summed E-state index contributed by atoms with van der Waals surface area (Å²) in [5.41, 5.74) is 4.02. The average Bonchev–Trinajstić information content (AvgIpc) is 3.14. The molecular formula is C23H29N3. The quantitative estimate of drug-likeness (QED) is 0.396. The fourth-order valence-corrected chi connectivity index (χ4v) is 2.14. The summed E-state index contributed by atoms with van der Waals surface area (Å²) < 4.78 is 1.86. The second kappa shape index (κ2) is 12.4. The largest absolute Gasteiger partial charge is 0.235 e. The van der Waals surface area contributed by atoms with Gasteiger partial charge in [0.25, 0.3) is 0 Å². The highest BCUT2D eigenvalue weighted by atomic mass is 15.3. The summed E-state index contributed by atoms with van der Waals surface area (Å²) in [6, 6.07) is 26.1. The minimum absolute atomic E-state index is 0.886. The molecule has 0 saturated heterocycles. The Morgan fingerprint density at radius 2 is 1.15 bits per heavy atom. The predicted molar refractivity (Wildman–Crippen MR) is 112 cm³/mol. The Kier molecular flexibility index (Phi) is 10.1. The normalized spacial score (nSPS) is 8.96. The van der Waals surface area contributed by atoms with E-state index in [1.54, 1.807) is 0 Å². The molecule has 0 N–H and O–H groups in total. The first kappa shape index (κ1) is 21.1. The van der Waals surface area contributed by atoms with Crippen molar-refractivity contribution in [2.24, 2.45) is 0 Å². The van der Waals surface area contributed by atoms with E-state index in [1.165, 1.54) is 0 Å². The molecule has 0 bridgehead atoms. The third-order valence-electron chi connectivity index (χ3n) is 3.27. The van der Waals surface area contributed by atoms with Crippen LogP contribution in [0, 0.1) is 6.92 Å². The minimum Gasteiger partial charge on any atom is -0.235 e. The molecule has 2 aromatic heterocycles. The van der Waals surface area contributed by atoms with Crippen molar-refractivity contribution in [1.82, 2.24) is 14.6 Å². The van der Waals surface area contributed by atoms with Gasteiger partial charge in [0.1, 0.15) is 0 Å². The van der Waals surface area contributed by atoms with E-state index in [-0.39, 0.29) is 0 Å². The Bertz CT molecular complexity index is 810. The summed E-state index contributed by atoms with van der Waals surface area (Å²) in [5, 5.41) is 4.56. The van der Waals surface area contributed by atoms with E-state index in [4.69, 9.17) is 0 Å². The Morgan fingerprint density at radius 3 is 1.69 bits per heavy atom. The molecule has 26 heavy (non-hydrogen) atoms. The van der Waals surface area contributed by atoms with Gasteiger partial charge in [-0.05, 0) is 19.1 Å². The monoisotopic (exact) mass is 347 g/mol. The zero-order valence-corrected chi connectivity index (χ0v) is 16.4. The first-order valence-electron chi connectivity index (χ1n) is 9.21. The van der Waals surface area contributed by atoms with Crippen molar-refractivity contribution in [2.75, 3.05) is 0 Å². The molecule has 0 amide bonds. The van der Waals surface area contributed by atoms with E-state index in [2.05, 4.69) is 22.2 Å². The van der Waals surface area contributed by atoms with Crippen LogP contribution in [0.2, 0.25) is 0 Å². The Balaban J connectivity index is 0.000000284. The molecular weight excluding hydrogens is 318 g/mol. The van der Waals surface area contributed by atoms with Crippen molar-refractivity contribution in [2.45, 2.75) is 34.6 Å². The lowest BCUT2D eigenvalue weighted by atomic mass is 10.1. The molecule has 4 rings (SSSR count). The summed E-state index contributed by atoms with van der Waals surface area (Å²) in [7, 11) is 0. The van der Waals surface area contributed by atoms with Gasteiger partial charge in [0.2, 0.25) is 0 Å². The molecule has 0 atom stereocenters. The van der Waals surface area contributed by atoms with Crippen molar-refractivity contribution in [1.29, 1.82) is 0 Å². The van der Waals surface area contributed by atoms with Gasteiger partial charge < -0.3 is 0 Å². The number of benzene rings is 2. The number of aryl methyl sites for hydroxylation is 1. The predicted octanol–water partition coefficient (Wildman–Crippen LogP) is 6.44. The highest BCUT2D eigenvalue weighted by Gasteiger charge is 2.03. The standard InChI is InChI=1S/C13H11N3.C6H6.2C2H6/c1-10-9-14-13-8-7-12(15-16(10)13)11-5-3-2-4-6-11;1-2-4-6-5-3-1;2*1-2/h2-9H,1H3;1-6H;2*1-2H3. The molecule has 4 aromatic rings. The summed E-state index contributed by atoms with van der Waals surface area (Å²) in [5.74, 6) is 0. The van der Waals surface area contributed by atoms with Gasteiger partial charge in [0.05, 0.1) is 17.6 Å². The number of fused-ring (bicyclic) bond motifs is 1. The molecule has 0 fully saturated rings. The van der Waals surface area contributed by atoms with E-state index in [0.717, 1.165) is 22.6 Å². The van der Waals surface area contributed by atoms with E-state index in [0.29, 0.717) is 0 Å². The average molecular weight is 348 g/mol. The smallest absolute Gasteiger partial charge is 0.153 e. The van der Waals surface area contributed by atoms with Crippen LogP contribution >= 0.6 is 0 Å². The maximum absolute atomic E-state index is 4.56. The van der Waals surface area contributed by atoms with Gasteiger partial charge in [0, 0.05) is 5.56 Å². The van der Waals surface area contributed by atoms with Gasteiger partial charge in [-0.2, -0.15) is 5.10 Å². The van der Waals surface area contributed by atoms with Crippen LogP contribution in [0.3, 0.4) is 0 Å². The molecule has 3 heteroatoms. The molecule has 0 unspecified atom stereocenters. The first-order chi connectivity index (χ1) is 12.8. The van der Waals surface area contributed by atoms with Gasteiger partial charge in [-0.15, -0.1) is 0 Å². The van der Waals surface area contributed by atoms with Gasteiger partial charge in [-0.1, -0.05) is 94.4 Å². The van der Waals surface area contributed by atoms with Crippen LogP contribution in [0.5, 0.6) is 0 Å². The minimum atomic E-state index is 0.886. The van der Waals surface area contributed by atoms with Crippen LogP contribution in [0.4, 0.5) is 0 Å². The highest BCUT2D eigenvalue weighted by molar-refractivity contribution is 5.60. The molecule has 2 heterocycles. The summed E-state index contributed by atoms with van der Waals surface area (Å²) in [4.78, 5) is 4.25. The van der Waals surface area contributed by atoms with Crippen molar-refractivity contribution in [3.8, 4) is 11.3 Å². The summed E-state index contributed by atoms with van der Waals surface area (Å²) in [6.45, 7) is 10.0. The van der Waals surface area contributed by atoms with Crippen LogP contribution in [0.15, 0.2) is 85.1 Å². The van der Waals surface area contributed by atoms with Crippen LogP contribution < -0.4 is 0 Å². The zero-order chi connectivity index (χ0) is 19.2. The van der Waals surface area contributed by atoms with E-state index < -0.39 is 0 Å². The molecule has 0 aliphatic heterocycles. The van der Waals surface area contributed by atoms with Crippen LogP contribution in [-0.2, 0) is 0 Å². The molecule has 0 aliphatic carbocycles. The number of imidazole rings is 1. The van der Waals surface area contributed by atoms with Crippen LogP contribution in [0.1, 0.15) is 33.4 Å². The van der Waals surface area contributed by atoms with Crippen molar-refractivity contribution >= 4 is 5.65 Å². The van der Waals surface area contributed by atoms with Gasteiger partial charge in [-0.25, -0.2) is 9.50 Å². The first-order valence-corrected chi connectivity index (χ1v) is 9.21. The lowest BCUT2D eigenvalue weighted by molar-refractivity contribution is 0.905. The number of rotatable bonds is 1. The lowest BCUT2D eigenvalue weighted by Crippen LogP contribution is -1.95. The maximum Gasteiger partial charge on any atom is 0.153 e. The Morgan fingerprint density at radius 1 is 0.654 bits per heavy atom. The van der Waals surface area contributed by atoms with E-state index >= 15 is 0 Å². The number of hydrogen-bond acceptors (Lipinski definition) is 2. The number of nitrogens with zero attached hydrogens (tertiary/aromatic N) is 3. The van der Waals surface area contributed by atoms with Crippen molar-refractivity contribution in [3.05, 3.63) is 90.8 Å².